The number of aliphatic hydroxyl groups is 1. The summed E-state index contributed by atoms with van der Waals surface area (Å²) in [5.41, 5.74) is -0.789. The number of fused-ring (bicyclic) bond motifs is 3. The summed E-state index contributed by atoms with van der Waals surface area (Å²) in [6, 6.07) is 6.61. The van der Waals surface area contributed by atoms with Crippen LogP contribution in [0.25, 0.3) is 11.0 Å². The summed E-state index contributed by atoms with van der Waals surface area (Å²) in [7, 11) is 0. The molecule has 1 aromatic heterocycles. The van der Waals surface area contributed by atoms with Crippen molar-refractivity contribution in [3.8, 4) is 0 Å². The third kappa shape index (κ3) is 3.97. The van der Waals surface area contributed by atoms with Crippen molar-refractivity contribution < 1.29 is 24.2 Å². The van der Waals surface area contributed by atoms with Crippen LogP contribution in [0.3, 0.4) is 0 Å². The SMILES string of the molecule is CCCN1CC=C[C@@]2(C)O[C@]34C=CCN(Cn5nnc6ccccc65)C(=O)C3N(CCCCO)C(=O)[C@@H]4[C@H]2C1=O. The normalized spacial score (nSPS) is 31.5. The number of aliphatic hydroxyl groups excluding tert-OH is 1. The fraction of sp³-hybridized carbons (Fsp3) is 0.552. The van der Waals surface area contributed by atoms with Gasteiger partial charge >= 0.3 is 0 Å². The Bertz CT molecular complexity index is 1390. The average molecular weight is 549 g/mol. The standard InChI is InChI=1S/C29H36N6O5/c1-3-14-32-15-8-12-28(2)22(25(32)37)23-26(38)34(17-6-7-18-36)24-27(39)33(16-9-13-29(23,24)40-28)19-35-21-11-5-4-10-20(21)30-31-35/h4-5,8-13,22-24,36H,3,6-7,14-19H2,1-2H3/t22-,23-,24?,28+,29-/m0/s1. The van der Waals surface area contributed by atoms with E-state index in [0.717, 1.165) is 17.5 Å². The van der Waals surface area contributed by atoms with E-state index in [0.29, 0.717) is 32.5 Å². The summed E-state index contributed by atoms with van der Waals surface area (Å²) in [6.45, 7) is 5.67. The van der Waals surface area contributed by atoms with Gasteiger partial charge in [0.1, 0.15) is 23.8 Å². The Kier molecular flexibility index (Phi) is 6.74. The fourth-order valence-corrected chi connectivity index (χ4v) is 7.03. The van der Waals surface area contributed by atoms with E-state index in [1.807, 2.05) is 62.4 Å². The Labute approximate surface area is 233 Å². The highest BCUT2D eigenvalue weighted by Gasteiger charge is 2.74. The molecule has 6 rings (SSSR count). The highest BCUT2D eigenvalue weighted by atomic mass is 16.5. The van der Waals surface area contributed by atoms with Crippen LogP contribution in [-0.2, 0) is 25.8 Å². The average Bonchev–Trinajstić information content (AvgIpc) is 3.47. The molecule has 40 heavy (non-hydrogen) atoms. The number of aromatic nitrogens is 3. The van der Waals surface area contributed by atoms with Crippen LogP contribution in [0.5, 0.6) is 0 Å². The van der Waals surface area contributed by atoms with Gasteiger partial charge < -0.3 is 24.5 Å². The number of hydrogen-bond acceptors (Lipinski definition) is 7. The molecule has 2 aromatic rings. The van der Waals surface area contributed by atoms with Crippen LogP contribution >= 0.6 is 0 Å². The van der Waals surface area contributed by atoms with Gasteiger partial charge in [0.15, 0.2) is 0 Å². The first-order valence-corrected chi connectivity index (χ1v) is 14.2. The van der Waals surface area contributed by atoms with Crippen LogP contribution in [0.4, 0.5) is 0 Å². The third-order valence-corrected chi connectivity index (χ3v) is 8.75. The van der Waals surface area contributed by atoms with Crippen LogP contribution < -0.4 is 0 Å². The first kappa shape index (κ1) is 26.6. The Morgan fingerprint density at radius 3 is 2.55 bits per heavy atom. The quantitative estimate of drug-likeness (QED) is 0.390. The van der Waals surface area contributed by atoms with Gasteiger partial charge in [-0.05, 0) is 38.3 Å². The van der Waals surface area contributed by atoms with E-state index in [4.69, 9.17) is 4.74 Å². The Hall–Kier alpha value is -3.57. The van der Waals surface area contributed by atoms with Crippen LogP contribution in [0, 0.1) is 11.8 Å². The molecule has 5 heterocycles. The van der Waals surface area contributed by atoms with Gasteiger partial charge in [-0.3, -0.25) is 14.4 Å². The minimum absolute atomic E-state index is 0.00687. The van der Waals surface area contributed by atoms with Crippen LogP contribution in [0.15, 0.2) is 48.6 Å². The van der Waals surface area contributed by atoms with E-state index >= 15 is 0 Å². The first-order valence-electron chi connectivity index (χ1n) is 14.2. The molecule has 0 saturated carbocycles. The zero-order chi connectivity index (χ0) is 28.1. The van der Waals surface area contributed by atoms with Crippen molar-refractivity contribution in [3.63, 3.8) is 0 Å². The van der Waals surface area contributed by atoms with Crippen molar-refractivity contribution in [2.75, 3.05) is 32.8 Å². The van der Waals surface area contributed by atoms with Gasteiger partial charge in [0, 0.05) is 32.8 Å². The first-order chi connectivity index (χ1) is 19.3. The van der Waals surface area contributed by atoms with Gasteiger partial charge in [-0.1, -0.05) is 48.6 Å². The molecule has 11 heteroatoms. The van der Waals surface area contributed by atoms with Gasteiger partial charge in [0.2, 0.25) is 11.8 Å². The number of unbranched alkanes of at least 4 members (excludes halogenated alkanes) is 1. The number of hydrogen-bond donors (Lipinski definition) is 1. The molecule has 212 valence electrons. The lowest BCUT2D eigenvalue weighted by molar-refractivity contribution is -0.153. The number of ether oxygens (including phenoxy) is 1. The number of nitrogens with zero attached hydrogens (tertiary/aromatic N) is 6. The van der Waals surface area contributed by atoms with Crippen molar-refractivity contribution in [3.05, 3.63) is 48.6 Å². The van der Waals surface area contributed by atoms with Crippen molar-refractivity contribution in [2.24, 2.45) is 11.8 Å². The number of amides is 3. The van der Waals surface area contributed by atoms with E-state index in [-0.39, 0.29) is 37.5 Å². The molecule has 1 unspecified atom stereocenters. The van der Waals surface area contributed by atoms with E-state index in [1.54, 1.807) is 19.4 Å². The maximum atomic E-state index is 14.4. The number of carbonyl (C=O) groups is 3. The number of para-hydroxylation sites is 1. The second kappa shape index (κ2) is 10.1. The second-order valence-electron chi connectivity index (χ2n) is 11.3. The van der Waals surface area contributed by atoms with Gasteiger partial charge in [0.05, 0.1) is 23.0 Å². The van der Waals surface area contributed by atoms with Gasteiger partial charge in [0.25, 0.3) is 5.91 Å². The zero-order valence-electron chi connectivity index (χ0n) is 23.0. The number of likely N-dealkylation sites (tertiary alicyclic amines) is 1. The smallest absolute Gasteiger partial charge is 0.250 e. The molecule has 1 N–H and O–H groups in total. The van der Waals surface area contributed by atoms with Crippen molar-refractivity contribution >= 4 is 28.8 Å². The lowest BCUT2D eigenvalue weighted by atomic mass is 9.74. The maximum Gasteiger partial charge on any atom is 0.250 e. The predicted molar refractivity (Wildman–Crippen MR) is 145 cm³/mol. The molecule has 4 aliphatic rings. The molecule has 3 amide bonds. The topological polar surface area (TPSA) is 121 Å². The summed E-state index contributed by atoms with van der Waals surface area (Å²) in [6.07, 6.45) is 9.41. The molecule has 1 spiro atoms. The summed E-state index contributed by atoms with van der Waals surface area (Å²) in [5.74, 6) is -2.21. The molecular formula is C29H36N6O5. The summed E-state index contributed by atoms with van der Waals surface area (Å²) in [4.78, 5) is 47.7. The lowest BCUT2D eigenvalue weighted by Crippen LogP contribution is -2.56. The molecule has 0 bridgehead atoms. The Morgan fingerprint density at radius 2 is 1.75 bits per heavy atom. The van der Waals surface area contributed by atoms with E-state index in [9.17, 15) is 19.5 Å². The van der Waals surface area contributed by atoms with Crippen molar-refractivity contribution in [1.29, 1.82) is 0 Å². The molecular weight excluding hydrogens is 512 g/mol. The van der Waals surface area contributed by atoms with Crippen molar-refractivity contribution in [2.45, 2.75) is 57.0 Å². The van der Waals surface area contributed by atoms with Crippen LogP contribution in [0.1, 0.15) is 33.1 Å². The second-order valence-corrected chi connectivity index (χ2v) is 11.3. The van der Waals surface area contributed by atoms with Gasteiger partial charge in [-0.25, -0.2) is 4.68 Å². The molecule has 2 fully saturated rings. The molecule has 4 aliphatic heterocycles. The van der Waals surface area contributed by atoms with Gasteiger partial charge in [-0.2, -0.15) is 0 Å². The molecule has 1 aromatic carbocycles. The molecule has 2 saturated heterocycles. The number of carbonyl (C=O) groups excluding carboxylic acids is 3. The minimum atomic E-state index is -1.29. The molecule has 11 nitrogen and oxygen atoms in total. The zero-order valence-corrected chi connectivity index (χ0v) is 23.0. The molecule has 0 aliphatic carbocycles. The minimum Gasteiger partial charge on any atom is -0.396 e. The summed E-state index contributed by atoms with van der Waals surface area (Å²) < 4.78 is 8.52. The highest BCUT2D eigenvalue weighted by molar-refractivity contribution is 6.00. The molecule has 5 atom stereocenters. The van der Waals surface area contributed by atoms with E-state index in [2.05, 4.69) is 10.3 Å². The largest absolute Gasteiger partial charge is 0.396 e. The van der Waals surface area contributed by atoms with Crippen LogP contribution in [-0.4, -0.2) is 103 Å². The highest BCUT2D eigenvalue weighted by Crippen LogP contribution is 2.57. The Balaban J connectivity index is 1.40. The maximum absolute atomic E-state index is 14.4. The van der Waals surface area contributed by atoms with E-state index < -0.39 is 29.1 Å². The van der Waals surface area contributed by atoms with Crippen LogP contribution in [0.2, 0.25) is 0 Å². The predicted octanol–water partition coefficient (Wildman–Crippen LogP) is 1.34. The summed E-state index contributed by atoms with van der Waals surface area (Å²) >= 11 is 0. The monoisotopic (exact) mass is 548 g/mol. The summed E-state index contributed by atoms with van der Waals surface area (Å²) in [5, 5.41) is 17.9. The van der Waals surface area contributed by atoms with E-state index in [1.165, 1.54) is 0 Å². The fourth-order valence-electron chi connectivity index (χ4n) is 7.03. The van der Waals surface area contributed by atoms with Gasteiger partial charge in [-0.15, -0.1) is 5.10 Å². The molecule has 0 radical (unpaired) electrons. The van der Waals surface area contributed by atoms with Crippen molar-refractivity contribution in [1.82, 2.24) is 29.7 Å². The number of benzene rings is 1. The Morgan fingerprint density at radius 1 is 0.975 bits per heavy atom. The third-order valence-electron chi connectivity index (χ3n) is 8.75. The lowest BCUT2D eigenvalue weighted by Gasteiger charge is -2.37. The number of rotatable bonds is 8.